The zero-order valence-electron chi connectivity index (χ0n) is 27.8. The lowest BCUT2D eigenvalue weighted by atomic mass is 9.89. The maximum Gasteiger partial charge on any atom is 0.195 e. The molecule has 270 valence electrons. The van der Waals surface area contributed by atoms with Gasteiger partial charge in [0.05, 0.1) is 13.2 Å². The molecule has 0 aliphatic carbocycles. The van der Waals surface area contributed by atoms with Crippen LogP contribution in [0.2, 0.25) is 0 Å². The van der Waals surface area contributed by atoms with E-state index in [1.54, 1.807) is 0 Å². The van der Waals surface area contributed by atoms with Crippen LogP contribution in [0, 0.1) is 0 Å². The molecule has 0 bridgehead atoms. The average molecular weight is 655 g/mol. The van der Waals surface area contributed by atoms with Crippen molar-refractivity contribution in [2.45, 2.75) is 196 Å². The number of ether oxygens (including phenoxy) is 2. The molecule has 2 aliphatic rings. The first kappa shape index (κ1) is 42.5. The summed E-state index contributed by atoms with van der Waals surface area (Å²) < 4.78 is 10.5. The molecule has 0 radical (unpaired) electrons. The van der Waals surface area contributed by atoms with Crippen molar-refractivity contribution < 1.29 is 60.5 Å². The minimum Gasteiger partial charge on any atom is -0.394 e. The van der Waals surface area contributed by atoms with Gasteiger partial charge < -0.3 is 60.5 Å². The van der Waals surface area contributed by atoms with Gasteiger partial charge in [0.15, 0.2) is 11.6 Å². The van der Waals surface area contributed by atoms with Crippen molar-refractivity contribution in [1.29, 1.82) is 0 Å². The molecule has 0 aromatic rings. The fourth-order valence-electron chi connectivity index (χ4n) is 6.06. The molecule has 2 saturated heterocycles. The van der Waals surface area contributed by atoms with Gasteiger partial charge in [0.25, 0.3) is 0 Å². The summed E-state index contributed by atoms with van der Waals surface area (Å²) in [5.41, 5.74) is 0. The van der Waals surface area contributed by atoms with Crippen LogP contribution in [0.15, 0.2) is 0 Å². The number of rotatable bonds is 21. The second-order valence-electron chi connectivity index (χ2n) is 13.0. The molecule has 10 N–H and O–H groups in total. The van der Waals surface area contributed by atoms with E-state index < -0.39 is 73.6 Å². The molecular weight excluding hydrogens is 588 g/mol. The SMILES string of the molecule is CCCCCCCCCCCC[C@]1(O)O[C@H](CO)[C@@H](O)[C@H](O)[C@H]1O.CCCCCCCCC[C@@]1(O)O[C@H](CO)[C@@H](O)[C@H](O)[C@H]1O. The highest BCUT2D eigenvalue weighted by Gasteiger charge is 2.53. The van der Waals surface area contributed by atoms with Crippen molar-refractivity contribution in [2.24, 2.45) is 0 Å². The van der Waals surface area contributed by atoms with Crippen molar-refractivity contribution in [3.8, 4) is 0 Å². The standard InChI is InChI=1S/C18H36O6.C15H30O6/c1-2-3-4-5-6-7-8-9-10-11-12-18(23)17(22)16(21)15(20)14(13-19)24-18;1-2-3-4-5-6-7-8-9-15(20)14(19)13(18)12(17)11(10-16)21-15/h14-17,19-23H,2-13H2,1H3;11-14,16-20H,2-10H2,1H3/t14-,15-,16+,17-,18+;11-,12-,13+,14-,15-/m11/s1. The first-order valence-corrected chi connectivity index (χ1v) is 17.5. The van der Waals surface area contributed by atoms with Crippen LogP contribution in [0.5, 0.6) is 0 Å². The molecule has 12 heteroatoms. The number of hydrogen-bond donors (Lipinski definition) is 10. The lowest BCUT2D eigenvalue weighted by Gasteiger charge is -2.45. The van der Waals surface area contributed by atoms with E-state index in [0.29, 0.717) is 12.8 Å². The van der Waals surface area contributed by atoms with Crippen LogP contribution in [0.25, 0.3) is 0 Å². The lowest BCUT2D eigenvalue weighted by Crippen LogP contribution is -2.65. The van der Waals surface area contributed by atoms with Crippen LogP contribution in [-0.2, 0) is 9.47 Å². The van der Waals surface area contributed by atoms with Gasteiger partial charge in [-0.2, -0.15) is 0 Å². The molecule has 10 atom stereocenters. The number of unbranched alkanes of at least 4 members (excludes halogenated alkanes) is 15. The predicted octanol–water partition coefficient (Wildman–Crippen LogP) is 1.75. The summed E-state index contributed by atoms with van der Waals surface area (Å²) in [5.74, 6) is -3.82. The van der Waals surface area contributed by atoms with Crippen molar-refractivity contribution in [2.75, 3.05) is 13.2 Å². The van der Waals surface area contributed by atoms with Crippen LogP contribution < -0.4 is 0 Å². The fraction of sp³-hybridized carbons (Fsp3) is 1.00. The maximum atomic E-state index is 10.4. The molecule has 45 heavy (non-hydrogen) atoms. The zero-order valence-corrected chi connectivity index (χ0v) is 27.8. The Labute approximate surface area is 270 Å². The lowest BCUT2D eigenvalue weighted by molar-refractivity contribution is -0.351. The normalized spacial score (nSPS) is 35.2. The molecule has 0 saturated carbocycles. The van der Waals surface area contributed by atoms with E-state index >= 15 is 0 Å². The average Bonchev–Trinajstić information content (AvgIpc) is 3.03. The Bertz CT molecular complexity index is 728. The Hall–Kier alpha value is -0.480. The van der Waals surface area contributed by atoms with Gasteiger partial charge >= 0.3 is 0 Å². The molecule has 12 nitrogen and oxygen atoms in total. The first-order valence-electron chi connectivity index (χ1n) is 17.5. The van der Waals surface area contributed by atoms with E-state index in [1.807, 2.05) is 0 Å². The Balaban J connectivity index is 0.000000454. The van der Waals surface area contributed by atoms with Gasteiger partial charge in [0.1, 0.15) is 48.8 Å². The molecule has 0 aromatic heterocycles. The van der Waals surface area contributed by atoms with Gasteiger partial charge in [-0.05, 0) is 12.8 Å². The minimum atomic E-state index is -1.91. The quantitative estimate of drug-likeness (QED) is 0.0800. The van der Waals surface area contributed by atoms with Gasteiger partial charge in [-0.25, -0.2) is 0 Å². The molecule has 2 heterocycles. The second kappa shape index (κ2) is 23.0. The van der Waals surface area contributed by atoms with Crippen LogP contribution in [0.1, 0.15) is 136 Å². The highest BCUT2D eigenvalue weighted by Crippen LogP contribution is 2.33. The fourth-order valence-corrected chi connectivity index (χ4v) is 6.06. The third-order valence-electron chi connectivity index (χ3n) is 9.13. The summed E-state index contributed by atoms with van der Waals surface area (Å²) in [6, 6.07) is 0. The van der Waals surface area contributed by atoms with E-state index in [2.05, 4.69) is 13.8 Å². The number of aliphatic hydroxyl groups excluding tert-OH is 8. The molecule has 0 spiro atoms. The Morgan fingerprint density at radius 3 is 0.956 bits per heavy atom. The van der Waals surface area contributed by atoms with E-state index in [1.165, 1.54) is 57.8 Å². The molecule has 0 unspecified atom stereocenters. The van der Waals surface area contributed by atoms with E-state index in [-0.39, 0.29) is 12.8 Å². The van der Waals surface area contributed by atoms with Gasteiger partial charge in [-0.15, -0.1) is 0 Å². The first-order chi connectivity index (χ1) is 21.4. The monoisotopic (exact) mass is 654 g/mol. The Kier molecular flexibility index (Phi) is 21.7. The second-order valence-corrected chi connectivity index (χ2v) is 13.0. The van der Waals surface area contributed by atoms with Crippen LogP contribution in [0.3, 0.4) is 0 Å². The molecule has 0 amide bonds. The van der Waals surface area contributed by atoms with E-state index in [4.69, 9.17) is 19.7 Å². The van der Waals surface area contributed by atoms with Gasteiger partial charge in [-0.3, -0.25) is 0 Å². The number of hydrogen-bond acceptors (Lipinski definition) is 12. The Morgan fingerprint density at radius 1 is 0.422 bits per heavy atom. The van der Waals surface area contributed by atoms with E-state index in [9.17, 15) is 40.9 Å². The predicted molar refractivity (Wildman–Crippen MR) is 169 cm³/mol. The molecule has 2 aliphatic heterocycles. The highest BCUT2D eigenvalue weighted by molar-refractivity contribution is 4.96. The van der Waals surface area contributed by atoms with Crippen molar-refractivity contribution in [1.82, 2.24) is 0 Å². The summed E-state index contributed by atoms with van der Waals surface area (Å²) in [6.07, 6.45) is 8.06. The smallest absolute Gasteiger partial charge is 0.195 e. The number of aliphatic hydroxyl groups is 10. The van der Waals surface area contributed by atoms with Crippen molar-refractivity contribution >= 4 is 0 Å². The van der Waals surface area contributed by atoms with Crippen LogP contribution in [-0.4, -0.2) is 125 Å². The van der Waals surface area contributed by atoms with Crippen LogP contribution in [0.4, 0.5) is 0 Å². The molecule has 2 rings (SSSR count). The third-order valence-corrected chi connectivity index (χ3v) is 9.13. The van der Waals surface area contributed by atoms with Crippen molar-refractivity contribution in [3.63, 3.8) is 0 Å². The minimum absolute atomic E-state index is 0.169. The van der Waals surface area contributed by atoms with Crippen molar-refractivity contribution in [3.05, 3.63) is 0 Å². The van der Waals surface area contributed by atoms with Gasteiger partial charge in [0, 0.05) is 12.8 Å². The third kappa shape index (κ3) is 14.3. The Morgan fingerprint density at radius 2 is 0.689 bits per heavy atom. The van der Waals surface area contributed by atoms with E-state index in [0.717, 1.165) is 38.5 Å². The maximum absolute atomic E-state index is 10.4. The van der Waals surface area contributed by atoms with Gasteiger partial charge in [-0.1, -0.05) is 110 Å². The molecule has 0 aromatic carbocycles. The summed E-state index contributed by atoms with van der Waals surface area (Å²) in [5, 5.41) is 97.6. The van der Waals surface area contributed by atoms with Crippen LogP contribution >= 0.6 is 0 Å². The van der Waals surface area contributed by atoms with Gasteiger partial charge in [0.2, 0.25) is 0 Å². The summed E-state index contributed by atoms with van der Waals surface area (Å²) >= 11 is 0. The summed E-state index contributed by atoms with van der Waals surface area (Å²) in [7, 11) is 0. The topological polar surface area (TPSA) is 221 Å². The summed E-state index contributed by atoms with van der Waals surface area (Å²) in [6.45, 7) is 3.33. The molecule has 2 fully saturated rings. The highest BCUT2D eigenvalue weighted by atomic mass is 16.7. The summed E-state index contributed by atoms with van der Waals surface area (Å²) in [4.78, 5) is 0. The zero-order chi connectivity index (χ0) is 33.9. The largest absolute Gasteiger partial charge is 0.394 e. The molecular formula is C33H66O12.